The number of carbonyl (C=O) groups excluding carboxylic acids is 1. The molecule has 3 heterocycles. The van der Waals surface area contributed by atoms with Crippen LogP contribution < -0.4 is 4.90 Å². The summed E-state index contributed by atoms with van der Waals surface area (Å²) in [6.45, 7) is 1.67. The van der Waals surface area contributed by atoms with E-state index in [0.717, 1.165) is 43.9 Å². The molecule has 0 spiro atoms. The van der Waals surface area contributed by atoms with Crippen molar-refractivity contribution in [2.45, 2.75) is 31.6 Å². The van der Waals surface area contributed by atoms with E-state index in [1.54, 1.807) is 6.20 Å². The van der Waals surface area contributed by atoms with Crippen molar-refractivity contribution in [1.82, 2.24) is 19.7 Å². The summed E-state index contributed by atoms with van der Waals surface area (Å²) in [5.41, 5.74) is 2.38. The Morgan fingerprint density at radius 3 is 2.88 bits per heavy atom. The average Bonchev–Trinajstić information content (AvgIpc) is 3.05. The number of hydrogen-bond donors (Lipinski definition) is 0. The first-order chi connectivity index (χ1) is 12.0. The first-order valence-corrected chi connectivity index (χ1v) is 8.92. The molecular formula is C19H27N5O. The topological polar surface area (TPSA) is 54.3 Å². The highest BCUT2D eigenvalue weighted by atomic mass is 16.2. The lowest BCUT2D eigenvalue weighted by molar-refractivity contribution is -0.132. The maximum Gasteiger partial charge on any atom is 0.222 e. The van der Waals surface area contributed by atoms with Crippen LogP contribution >= 0.6 is 0 Å². The van der Waals surface area contributed by atoms with Gasteiger partial charge in [-0.1, -0.05) is 0 Å². The fourth-order valence-electron chi connectivity index (χ4n) is 3.45. The SMILES string of the molecule is CN(C)c1cc([C@H]2CCCN(C(=O)CCc3ccnn3C)C2)ccn1. The van der Waals surface area contributed by atoms with Gasteiger partial charge in [-0.15, -0.1) is 0 Å². The van der Waals surface area contributed by atoms with Gasteiger partial charge in [0.05, 0.1) is 0 Å². The van der Waals surface area contributed by atoms with Crippen molar-refractivity contribution in [2.24, 2.45) is 7.05 Å². The molecule has 6 nitrogen and oxygen atoms in total. The molecule has 1 fully saturated rings. The Hall–Kier alpha value is -2.37. The van der Waals surface area contributed by atoms with E-state index in [-0.39, 0.29) is 5.91 Å². The van der Waals surface area contributed by atoms with Crippen molar-refractivity contribution in [3.8, 4) is 0 Å². The molecule has 0 saturated carbocycles. The molecule has 134 valence electrons. The number of pyridine rings is 1. The summed E-state index contributed by atoms with van der Waals surface area (Å²) in [5.74, 6) is 1.61. The highest BCUT2D eigenvalue weighted by molar-refractivity contribution is 5.76. The summed E-state index contributed by atoms with van der Waals surface area (Å²) in [6.07, 6.45) is 7.13. The predicted octanol–water partition coefficient (Wildman–Crippen LogP) is 2.22. The standard InChI is InChI=1S/C19H27N5O/c1-22(2)18-13-15(8-10-20-18)16-5-4-12-24(14-16)19(25)7-6-17-9-11-21-23(17)3/h8-11,13,16H,4-7,12,14H2,1-3H3/t16-/m0/s1. The van der Waals surface area contributed by atoms with Gasteiger partial charge in [0, 0.05) is 64.7 Å². The van der Waals surface area contributed by atoms with Crippen LogP contribution in [0.2, 0.25) is 0 Å². The van der Waals surface area contributed by atoms with Gasteiger partial charge in [-0.2, -0.15) is 5.10 Å². The normalized spacial score (nSPS) is 17.6. The number of likely N-dealkylation sites (tertiary alicyclic amines) is 1. The van der Waals surface area contributed by atoms with E-state index in [2.05, 4.69) is 22.2 Å². The minimum absolute atomic E-state index is 0.243. The zero-order valence-electron chi connectivity index (χ0n) is 15.4. The third-order valence-electron chi connectivity index (χ3n) is 4.99. The van der Waals surface area contributed by atoms with Crippen LogP contribution in [0.4, 0.5) is 5.82 Å². The Balaban J connectivity index is 1.61. The van der Waals surface area contributed by atoms with Crippen LogP contribution in [0.5, 0.6) is 0 Å². The van der Waals surface area contributed by atoms with E-state index in [1.165, 1.54) is 5.56 Å². The maximum atomic E-state index is 12.6. The lowest BCUT2D eigenvalue weighted by atomic mass is 9.91. The number of amides is 1. The summed E-state index contributed by atoms with van der Waals surface area (Å²) >= 11 is 0. The second-order valence-corrected chi connectivity index (χ2v) is 6.97. The molecule has 2 aromatic rings. The smallest absolute Gasteiger partial charge is 0.222 e. The lowest BCUT2D eigenvalue weighted by Crippen LogP contribution is -2.39. The maximum absolute atomic E-state index is 12.6. The molecule has 0 bridgehead atoms. The Bertz CT molecular complexity index is 724. The third-order valence-corrected chi connectivity index (χ3v) is 4.99. The van der Waals surface area contributed by atoms with Crippen LogP contribution in [-0.4, -0.2) is 52.8 Å². The summed E-state index contributed by atoms with van der Waals surface area (Å²) < 4.78 is 1.84. The number of anilines is 1. The molecule has 0 unspecified atom stereocenters. The van der Waals surface area contributed by atoms with Crippen molar-refractivity contribution in [1.29, 1.82) is 0 Å². The van der Waals surface area contributed by atoms with Crippen LogP contribution in [0.15, 0.2) is 30.6 Å². The Kier molecular flexibility index (Phi) is 5.36. The highest BCUT2D eigenvalue weighted by Crippen LogP contribution is 2.28. The van der Waals surface area contributed by atoms with Gasteiger partial charge < -0.3 is 9.80 Å². The molecule has 3 rings (SSSR count). The van der Waals surface area contributed by atoms with Crippen LogP contribution in [0, 0.1) is 0 Å². The molecule has 1 aliphatic heterocycles. The second-order valence-electron chi connectivity index (χ2n) is 6.97. The number of piperidine rings is 1. The predicted molar refractivity (Wildman–Crippen MR) is 98.6 cm³/mol. The number of aromatic nitrogens is 3. The monoisotopic (exact) mass is 341 g/mol. The van der Waals surface area contributed by atoms with Crippen LogP contribution in [0.25, 0.3) is 0 Å². The Morgan fingerprint density at radius 2 is 2.16 bits per heavy atom. The molecule has 6 heteroatoms. The van der Waals surface area contributed by atoms with Crippen molar-refractivity contribution >= 4 is 11.7 Å². The van der Waals surface area contributed by atoms with Crippen molar-refractivity contribution in [2.75, 3.05) is 32.1 Å². The van der Waals surface area contributed by atoms with Gasteiger partial charge in [-0.25, -0.2) is 4.98 Å². The van der Waals surface area contributed by atoms with Gasteiger partial charge in [0.1, 0.15) is 5.82 Å². The number of rotatable bonds is 5. The number of aryl methyl sites for hydroxylation is 2. The number of carbonyl (C=O) groups is 1. The van der Waals surface area contributed by atoms with E-state index in [4.69, 9.17) is 0 Å². The molecule has 1 aliphatic rings. The minimum Gasteiger partial charge on any atom is -0.363 e. The van der Waals surface area contributed by atoms with E-state index in [1.807, 2.05) is 47.9 Å². The number of hydrogen-bond acceptors (Lipinski definition) is 4. The average molecular weight is 341 g/mol. The van der Waals surface area contributed by atoms with Crippen molar-refractivity contribution in [3.63, 3.8) is 0 Å². The molecule has 1 amide bonds. The molecule has 0 aromatic carbocycles. The molecule has 25 heavy (non-hydrogen) atoms. The van der Waals surface area contributed by atoms with Gasteiger partial charge in [0.15, 0.2) is 0 Å². The molecule has 1 atom stereocenters. The van der Waals surface area contributed by atoms with Crippen LogP contribution in [0.1, 0.15) is 36.4 Å². The third kappa shape index (κ3) is 4.18. The zero-order chi connectivity index (χ0) is 17.8. The summed E-state index contributed by atoms with van der Waals surface area (Å²) in [5, 5.41) is 4.16. The van der Waals surface area contributed by atoms with Crippen LogP contribution in [-0.2, 0) is 18.3 Å². The van der Waals surface area contributed by atoms with Crippen molar-refractivity contribution < 1.29 is 4.79 Å². The highest BCUT2D eigenvalue weighted by Gasteiger charge is 2.25. The first-order valence-electron chi connectivity index (χ1n) is 8.92. The molecule has 0 radical (unpaired) electrons. The van der Waals surface area contributed by atoms with E-state index >= 15 is 0 Å². The lowest BCUT2D eigenvalue weighted by Gasteiger charge is -2.33. The van der Waals surface area contributed by atoms with Gasteiger partial charge in [-0.05, 0) is 43.0 Å². The van der Waals surface area contributed by atoms with Gasteiger partial charge >= 0.3 is 0 Å². The van der Waals surface area contributed by atoms with E-state index < -0.39 is 0 Å². The largest absolute Gasteiger partial charge is 0.363 e. The molecule has 0 N–H and O–H groups in total. The van der Waals surface area contributed by atoms with Crippen molar-refractivity contribution in [3.05, 3.63) is 41.9 Å². The van der Waals surface area contributed by atoms with Crippen LogP contribution in [0.3, 0.4) is 0 Å². The Morgan fingerprint density at radius 1 is 1.32 bits per heavy atom. The minimum atomic E-state index is 0.243. The molecule has 0 aliphatic carbocycles. The quantitative estimate of drug-likeness (QED) is 0.837. The van der Waals surface area contributed by atoms with E-state index in [0.29, 0.717) is 12.3 Å². The fourth-order valence-corrected chi connectivity index (χ4v) is 3.45. The summed E-state index contributed by atoms with van der Waals surface area (Å²) in [7, 11) is 5.92. The zero-order valence-corrected chi connectivity index (χ0v) is 15.4. The first kappa shape index (κ1) is 17.5. The summed E-state index contributed by atoms with van der Waals surface area (Å²) in [6, 6.07) is 6.21. The van der Waals surface area contributed by atoms with Gasteiger partial charge in [0.2, 0.25) is 5.91 Å². The Labute approximate surface area is 149 Å². The second kappa shape index (κ2) is 7.68. The summed E-state index contributed by atoms with van der Waals surface area (Å²) in [4.78, 5) is 21.1. The number of nitrogens with zero attached hydrogens (tertiary/aromatic N) is 5. The molecule has 1 saturated heterocycles. The van der Waals surface area contributed by atoms with E-state index in [9.17, 15) is 4.79 Å². The van der Waals surface area contributed by atoms with Gasteiger partial charge in [-0.3, -0.25) is 9.48 Å². The van der Waals surface area contributed by atoms with Gasteiger partial charge in [0.25, 0.3) is 0 Å². The fraction of sp³-hybridized carbons (Fsp3) is 0.526. The molecule has 2 aromatic heterocycles. The molecular weight excluding hydrogens is 314 g/mol.